The van der Waals surface area contributed by atoms with Crippen molar-refractivity contribution in [3.63, 3.8) is 0 Å². The second-order valence-electron chi connectivity index (χ2n) is 18.9. The highest BCUT2D eigenvalue weighted by molar-refractivity contribution is 5.72. The van der Waals surface area contributed by atoms with Crippen LogP contribution in [-0.4, -0.2) is 71.7 Å². The Labute approximate surface area is 438 Å². The van der Waals surface area contributed by atoms with Crippen LogP contribution in [0.25, 0.3) is 44.5 Å². The van der Waals surface area contributed by atoms with E-state index in [1.165, 1.54) is 83.5 Å². The number of nitrogens with two attached hydrogens (primary N) is 2. The molecule has 12 rings (SSSR count). The summed E-state index contributed by atoms with van der Waals surface area (Å²) >= 11 is 0. The van der Waals surface area contributed by atoms with Gasteiger partial charge in [-0.15, -0.1) is 0 Å². The van der Waals surface area contributed by atoms with Crippen LogP contribution in [0.4, 0.5) is 0 Å². The molecular weight excluding hydrogens is 915 g/mol. The van der Waals surface area contributed by atoms with Crippen molar-refractivity contribution in [2.45, 2.75) is 50.1 Å². The number of rotatable bonds is 10. The van der Waals surface area contributed by atoms with Crippen LogP contribution in [0.2, 0.25) is 0 Å². The monoisotopic (exact) mass is 986 g/mol. The maximum Gasteiger partial charge on any atom is 0.0952 e. The molecule has 8 aromatic rings. The Bertz CT molecular complexity index is 2790. The van der Waals surface area contributed by atoms with Crippen molar-refractivity contribution in [3.8, 4) is 44.5 Å². The highest BCUT2D eigenvalue weighted by atomic mass is 16.5. The van der Waals surface area contributed by atoms with Crippen molar-refractivity contribution >= 4 is 0 Å². The third-order valence-corrected chi connectivity index (χ3v) is 14.4. The Morgan fingerprint density at radius 1 is 0.378 bits per heavy atom. The molecule has 0 saturated heterocycles. The number of nitrogens with zero attached hydrogens (tertiary/aromatic N) is 1. The van der Waals surface area contributed by atoms with Gasteiger partial charge in [0.2, 0.25) is 0 Å². The number of nitrogens with one attached hydrogen (secondary N) is 2. The van der Waals surface area contributed by atoms with Gasteiger partial charge in [0.1, 0.15) is 0 Å². The molecule has 7 aromatic carbocycles. The van der Waals surface area contributed by atoms with Crippen LogP contribution in [-0.2, 0) is 44.6 Å². The van der Waals surface area contributed by atoms with Gasteiger partial charge in [-0.3, -0.25) is 4.98 Å². The van der Waals surface area contributed by atoms with E-state index in [2.05, 4.69) is 179 Å². The fourth-order valence-electron chi connectivity index (χ4n) is 10.9. The van der Waals surface area contributed by atoms with Crippen LogP contribution in [0, 0.1) is 0 Å². The summed E-state index contributed by atoms with van der Waals surface area (Å²) in [5.41, 5.74) is 32.6. The maximum atomic E-state index is 5.87. The molecule has 4 atom stereocenters. The standard InChI is InChI=1S/2C17H19NO.C16H17NO.C15H16N2O/c2*1-18-12-17-16-9-5-8-14(15(16)10-11-19-17)13-6-3-2-4-7-13;17-11-16-15-8-4-7-13(14(15)9-10-18-16)12-5-2-1-3-6-12;16-9-15-14-5-1-4-12(13(14)6-8-18-15)11-3-2-7-17-10-11/h2*2-9,17-18H,10-12H2,1H3;1-8,16H,9-11,17H2;1-5,7,10,15H,6,8-9,16H2. The summed E-state index contributed by atoms with van der Waals surface area (Å²) in [6.07, 6.45) is 8.06. The van der Waals surface area contributed by atoms with Gasteiger partial charge in [-0.2, -0.15) is 0 Å². The van der Waals surface area contributed by atoms with Crippen LogP contribution < -0.4 is 22.1 Å². The van der Waals surface area contributed by atoms with Crippen molar-refractivity contribution in [2.24, 2.45) is 11.5 Å². The molecule has 0 aliphatic carbocycles. The number of fused-ring (bicyclic) bond motifs is 4. The van der Waals surface area contributed by atoms with E-state index < -0.39 is 0 Å². The molecular formula is C65H71N5O4. The van der Waals surface area contributed by atoms with E-state index in [-0.39, 0.29) is 24.4 Å². The Balaban J connectivity index is 0.000000121. The van der Waals surface area contributed by atoms with Gasteiger partial charge in [-0.1, -0.05) is 170 Å². The number of hydrogen-bond acceptors (Lipinski definition) is 9. The molecule has 6 N–H and O–H groups in total. The first kappa shape index (κ1) is 52.2. The van der Waals surface area contributed by atoms with E-state index in [0.717, 1.165) is 70.8 Å². The lowest BCUT2D eigenvalue weighted by molar-refractivity contribution is 0.0439. The van der Waals surface area contributed by atoms with Crippen LogP contribution in [0.15, 0.2) is 188 Å². The second kappa shape index (κ2) is 26.5. The molecule has 0 amide bonds. The summed E-state index contributed by atoms with van der Waals surface area (Å²) in [4.78, 5) is 4.19. The topological polar surface area (TPSA) is 126 Å². The minimum absolute atomic E-state index is 0.0328. The fraction of sp³-hybridized carbons (Fsp3) is 0.277. The average Bonchev–Trinajstić information content (AvgIpc) is 3.48. The van der Waals surface area contributed by atoms with E-state index in [0.29, 0.717) is 13.1 Å². The quantitative estimate of drug-likeness (QED) is 0.106. The van der Waals surface area contributed by atoms with Crippen LogP contribution >= 0.6 is 0 Å². The van der Waals surface area contributed by atoms with E-state index in [1.807, 2.05) is 32.4 Å². The smallest absolute Gasteiger partial charge is 0.0952 e. The minimum atomic E-state index is 0.0328. The highest BCUT2D eigenvalue weighted by Crippen LogP contribution is 2.38. The van der Waals surface area contributed by atoms with Crippen molar-refractivity contribution in [1.29, 1.82) is 0 Å². The normalized spacial score (nSPS) is 18.2. The molecule has 0 saturated carbocycles. The Kier molecular flexibility index (Phi) is 18.7. The second-order valence-corrected chi connectivity index (χ2v) is 18.9. The van der Waals surface area contributed by atoms with Crippen LogP contribution in [0.5, 0.6) is 0 Å². The Morgan fingerprint density at radius 3 is 1.00 bits per heavy atom. The van der Waals surface area contributed by atoms with Crippen LogP contribution in [0.1, 0.15) is 68.9 Å². The largest absolute Gasteiger partial charge is 0.372 e. The van der Waals surface area contributed by atoms with E-state index in [1.54, 1.807) is 6.20 Å². The summed E-state index contributed by atoms with van der Waals surface area (Å²) in [5.74, 6) is 0. The van der Waals surface area contributed by atoms with Gasteiger partial charge in [-0.25, -0.2) is 0 Å². The Morgan fingerprint density at radius 2 is 0.689 bits per heavy atom. The molecule has 0 spiro atoms. The summed E-state index contributed by atoms with van der Waals surface area (Å²) in [6, 6.07) is 61.7. The molecule has 9 nitrogen and oxygen atoms in total. The van der Waals surface area contributed by atoms with Gasteiger partial charge >= 0.3 is 0 Å². The lowest BCUT2D eigenvalue weighted by atomic mass is 9.89. The van der Waals surface area contributed by atoms with Crippen molar-refractivity contribution < 1.29 is 18.9 Å². The van der Waals surface area contributed by atoms with Gasteiger partial charge in [0.15, 0.2) is 0 Å². The minimum Gasteiger partial charge on any atom is -0.372 e. The number of ether oxygens (including phenoxy) is 4. The number of pyridine rings is 1. The van der Waals surface area contributed by atoms with Crippen molar-refractivity contribution in [2.75, 3.05) is 66.7 Å². The zero-order chi connectivity index (χ0) is 50.9. The number of aromatic nitrogens is 1. The molecule has 74 heavy (non-hydrogen) atoms. The van der Waals surface area contributed by atoms with Gasteiger partial charge in [-0.05, 0) is 129 Å². The van der Waals surface area contributed by atoms with Crippen molar-refractivity contribution in [3.05, 3.63) is 233 Å². The number of benzene rings is 7. The molecule has 4 aliphatic rings. The number of hydrogen-bond donors (Lipinski definition) is 4. The van der Waals surface area contributed by atoms with Gasteiger partial charge in [0.05, 0.1) is 50.8 Å². The lowest BCUT2D eigenvalue weighted by Gasteiger charge is -2.28. The summed E-state index contributed by atoms with van der Waals surface area (Å²) in [5, 5.41) is 6.43. The molecule has 380 valence electrons. The first-order valence-electron chi connectivity index (χ1n) is 26.3. The van der Waals surface area contributed by atoms with E-state index in [9.17, 15) is 0 Å². The first-order chi connectivity index (χ1) is 36.6. The molecule has 9 heteroatoms. The summed E-state index contributed by atoms with van der Waals surface area (Å²) < 4.78 is 23.2. The third kappa shape index (κ3) is 12.5. The predicted molar refractivity (Wildman–Crippen MR) is 301 cm³/mol. The molecule has 4 unspecified atom stereocenters. The number of likely N-dealkylation sites (N-methyl/N-ethyl adjacent to an activating group) is 2. The molecule has 0 fully saturated rings. The average molecular weight is 986 g/mol. The molecule has 5 heterocycles. The molecule has 0 bridgehead atoms. The fourth-order valence-corrected chi connectivity index (χ4v) is 10.9. The van der Waals surface area contributed by atoms with Gasteiger partial charge in [0.25, 0.3) is 0 Å². The third-order valence-electron chi connectivity index (χ3n) is 14.4. The van der Waals surface area contributed by atoms with E-state index >= 15 is 0 Å². The first-order valence-corrected chi connectivity index (χ1v) is 26.3. The lowest BCUT2D eigenvalue weighted by Crippen LogP contribution is -2.25. The van der Waals surface area contributed by atoms with E-state index in [4.69, 9.17) is 30.4 Å². The SMILES string of the molecule is CNCC1OCCc2c(-c3ccccc3)cccc21.CNCC1OCCc2c(-c3ccccc3)cccc21.NCC1OCCc2c(-c3ccccc3)cccc21.NCC1OCCc2c(-c3cccnc3)cccc21. The van der Waals surface area contributed by atoms with Gasteiger partial charge in [0, 0.05) is 44.1 Å². The highest BCUT2D eigenvalue weighted by Gasteiger charge is 2.26. The molecule has 0 radical (unpaired) electrons. The predicted octanol–water partition coefficient (Wildman–Crippen LogP) is 11.6. The zero-order valence-electron chi connectivity index (χ0n) is 42.9. The molecule has 1 aromatic heterocycles. The van der Waals surface area contributed by atoms with Crippen LogP contribution in [0.3, 0.4) is 0 Å². The molecule has 4 aliphatic heterocycles. The summed E-state index contributed by atoms with van der Waals surface area (Å²) in [7, 11) is 3.94. The maximum absolute atomic E-state index is 5.87. The van der Waals surface area contributed by atoms with Crippen molar-refractivity contribution in [1.82, 2.24) is 15.6 Å². The zero-order valence-corrected chi connectivity index (χ0v) is 42.9. The summed E-state index contributed by atoms with van der Waals surface area (Å²) in [6.45, 7) is 5.93. The Hall–Kier alpha value is -6.63. The van der Waals surface area contributed by atoms with Gasteiger partial charge < -0.3 is 41.0 Å².